The van der Waals surface area contributed by atoms with E-state index < -0.39 is 0 Å². The zero-order chi connectivity index (χ0) is 34.1. The van der Waals surface area contributed by atoms with E-state index in [1.807, 2.05) is 12.1 Å². The Labute approximate surface area is 298 Å². The Balaban J connectivity index is 0.991. The van der Waals surface area contributed by atoms with Gasteiger partial charge in [-0.3, -0.25) is 0 Å². The van der Waals surface area contributed by atoms with Gasteiger partial charge in [0.25, 0.3) is 0 Å². The van der Waals surface area contributed by atoms with E-state index in [1.165, 1.54) is 49.7 Å². The first-order valence-corrected chi connectivity index (χ1v) is 17.4. The van der Waals surface area contributed by atoms with Gasteiger partial charge in [-0.2, -0.15) is 0 Å². The van der Waals surface area contributed by atoms with E-state index >= 15 is 0 Å². The van der Waals surface area contributed by atoms with Crippen molar-refractivity contribution < 1.29 is 4.42 Å². The molecule has 51 heavy (non-hydrogen) atoms. The van der Waals surface area contributed by atoms with Crippen molar-refractivity contribution in [1.82, 2.24) is 0 Å². The molecule has 0 atom stereocenters. The molecule has 0 radical (unpaired) electrons. The highest BCUT2D eigenvalue weighted by Gasteiger charge is 2.15. The molecule has 9 rings (SSSR count). The van der Waals surface area contributed by atoms with Crippen molar-refractivity contribution in [2.75, 3.05) is 4.90 Å². The summed E-state index contributed by atoms with van der Waals surface area (Å²) in [5.41, 5.74) is 13.7. The summed E-state index contributed by atoms with van der Waals surface area (Å²) in [5, 5.41) is 3.68. The summed E-state index contributed by atoms with van der Waals surface area (Å²) in [4.78, 5) is 2.32. The zero-order valence-electron chi connectivity index (χ0n) is 28.3. The molecule has 8 aromatic carbocycles. The standard InChI is InChI=1S/C49H35NO/c1-34-45-17-7-8-20-48(45)51-49(34)41-14-9-13-40(33-41)37-23-21-35(22-24-37)36-25-29-43(30-26-36)50(42-15-3-2-4-16-42)44-31-27-39(28-32-44)47-19-10-12-38-11-5-6-18-46(38)47/h2-33H,1H3. The van der Waals surface area contributed by atoms with Crippen LogP contribution in [0.2, 0.25) is 0 Å². The summed E-state index contributed by atoms with van der Waals surface area (Å²) in [5.74, 6) is 0.931. The molecule has 0 spiro atoms. The molecule has 0 unspecified atom stereocenters. The maximum atomic E-state index is 6.27. The lowest BCUT2D eigenvalue weighted by molar-refractivity contribution is 0.629. The van der Waals surface area contributed by atoms with Gasteiger partial charge in [0.15, 0.2) is 0 Å². The van der Waals surface area contributed by atoms with E-state index in [0.29, 0.717) is 0 Å². The van der Waals surface area contributed by atoms with Gasteiger partial charge in [0.05, 0.1) is 0 Å². The van der Waals surface area contributed by atoms with Crippen molar-refractivity contribution in [2.24, 2.45) is 0 Å². The highest BCUT2D eigenvalue weighted by atomic mass is 16.3. The Bertz CT molecular complexity index is 2610. The molecule has 0 amide bonds. The predicted molar refractivity (Wildman–Crippen MR) is 215 cm³/mol. The largest absolute Gasteiger partial charge is 0.456 e. The second-order valence-corrected chi connectivity index (χ2v) is 13.0. The second kappa shape index (κ2) is 13.0. The van der Waals surface area contributed by atoms with E-state index in [4.69, 9.17) is 4.42 Å². The van der Waals surface area contributed by atoms with Crippen LogP contribution in [-0.4, -0.2) is 0 Å². The van der Waals surface area contributed by atoms with Gasteiger partial charge in [-0.15, -0.1) is 0 Å². The van der Waals surface area contributed by atoms with Crippen molar-refractivity contribution in [1.29, 1.82) is 0 Å². The number of nitrogens with zero attached hydrogens (tertiary/aromatic N) is 1. The molecule has 2 heteroatoms. The van der Waals surface area contributed by atoms with Gasteiger partial charge in [0, 0.05) is 33.6 Å². The smallest absolute Gasteiger partial charge is 0.138 e. The Hall–Kier alpha value is -6.64. The molecule has 0 N–H and O–H groups in total. The molecule has 0 saturated carbocycles. The fraction of sp³-hybridized carbons (Fsp3) is 0.0204. The number of hydrogen-bond acceptors (Lipinski definition) is 2. The second-order valence-electron chi connectivity index (χ2n) is 13.0. The average molecular weight is 654 g/mol. The molecule has 0 bridgehead atoms. The third-order valence-electron chi connectivity index (χ3n) is 9.89. The van der Waals surface area contributed by atoms with Crippen LogP contribution in [-0.2, 0) is 0 Å². The first-order valence-electron chi connectivity index (χ1n) is 17.4. The molecule has 0 aliphatic heterocycles. The molecular weight excluding hydrogens is 619 g/mol. The Morgan fingerprint density at radius 2 is 0.882 bits per heavy atom. The number of para-hydroxylation sites is 2. The van der Waals surface area contributed by atoms with E-state index in [9.17, 15) is 0 Å². The number of hydrogen-bond donors (Lipinski definition) is 0. The van der Waals surface area contributed by atoms with Crippen LogP contribution in [0, 0.1) is 6.92 Å². The summed E-state index contributed by atoms with van der Waals surface area (Å²) in [6.07, 6.45) is 0. The monoisotopic (exact) mass is 653 g/mol. The lowest BCUT2D eigenvalue weighted by Gasteiger charge is -2.26. The van der Waals surface area contributed by atoms with Crippen molar-refractivity contribution in [3.05, 3.63) is 200 Å². The number of aryl methyl sites for hydroxylation is 1. The van der Waals surface area contributed by atoms with Gasteiger partial charge in [-0.25, -0.2) is 0 Å². The van der Waals surface area contributed by atoms with Crippen LogP contribution in [0.25, 0.3) is 66.4 Å². The highest BCUT2D eigenvalue weighted by molar-refractivity contribution is 5.97. The van der Waals surface area contributed by atoms with Gasteiger partial charge in [-0.1, -0.05) is 146 Å². The Morgan fingerprint density at radius 3 is 1.59 bits per heavy atom. The van der Waals surface area contributed by atoms with Gasteiger partial charge in [-0.05, 0) is 99.6 Å². The average Bonchev–Trinajstić information content (AvgIpc) is 3.55. The van der Waals surface area contributed by atoms with E-state index in [0.717, 1.165) is 39.4 Å². The topological polar surface area (TPSA) is 16.4 Å². The summed E-state index contributed by atoms with van der Waals surface area (Å²) in [6.45, 7) is 2.13. The summed E-state index contributed by atoms with van der Waals surface area (Å²) < 4.78 is 6.27. The zero-order valence-corrected chi connectivity index (χ0v) is 28.3. The highest BCUT2D eigenvalue weighted by Crippen LogP contribution is 2.39. The maximum Gasteiger partial charge on any atom is 0.138 e. The number of fused-ring (bicyclic) bond motifs is 2. The molecule has 2 nitrogen and oxygen atoms in total. The van der Waals surface area contributed by atoms with Crippen LogP contribution in [0.3, 0.4) is 0 Å². The quantitative estimate of drug-likeness (QED) is 0.170. The van der Waals surface area contributed by atoms with Gasteiger partial charge in [0.1, 0.15) is 11.3 Å². The Kier molecular flexibility index (Phi) is 7.75. The molecule has 1 aromatic heterocycles. The van der Waals surface area contributed by atoms with Crippen LogP contribution in [0.15, 0.2) is 199 Å². The SMILES string of the molecule is Cc1c(-c2cccc(-c3ccc(-c4ccc(N(c5ccccc5)c5ccc(-c6cccc7ccccc67)cc5)cc4)cc3)c2)oc2ccccc12. The van der Waals surface area contributed by atoms with Gasteiger partial charge >= 0.3 is 0 Å². The van der Waals surface area contributed by atoms with E-state index in [2.05, 4.69) is 194 Å². The Morgan fingerprint density at radius 1 is 0.373 bits per heavy atom. The third-order valence-corrected chi connectivity index (χ3v) is 9.89. The summed E-state index contributed by atoms with van der Waals surface area (Å²) >= 11 is 0. The molecule has 0 fully saturated rings. The normalized spacial score (nSPS) is 11.2. The molecular formula is C49H35NO. The lowest BCUT2D eigenvalue weighted by atomic mass is 9.97. The number of rotatable bonds is 7. The lowest BCUT2D eigenvalue weighted by Crippen LogP contribution is -2.09. The minimum Gasteiger partial charge on any atom is -0.456 e. The number of benzene rings is 8. The number of furan rings is 1. The van der Waals surface area contributed by atoms with Crippen LogP contribution in [0.1, 0.15) is 5.56 Å². The third kappa shape index (κ3) is 5.77. The van der Waals surface area contributed by atoms with Crippen LogP contribution >= 0.6 is 0 Å². The predicted octanol–water partition coefficient (Wildman–Crippen LogP) is 14.0. The van der Waals surface area contributed by atoms with Crippen LogP contribution in [0.4, 0.5) is 17.1 Å². The minimum atomic E-state index is 0.924. The van der Waals surface area contributed by atoms with Gasteiger partial charge in [0.2, 0.25) is 0 Å². The summed E-state index contributed by atoms with van der Waals surface area (Å²) in [6, 6.07) is 69.2. The molecule has 9 aromatic rings. The van der Waals surface area contributed by atoms with Crippen molar-refractivity contribution in [2.45, 2.75) is 6.92 Å². The fourth-order valence-electron chi connectivity index (χ4n) is 7.24. The van der Waals surface area contributed by atoms with E-state index in [-0.39, 0.29) is 0 Å². The molecule has 0 saturated heterocycles. The van der Waals surface area contributed by atoms with E-state index in [1.54, 1.807) is 0 Å². The van der Waals surface area contributed by atoms with Crippen LogP contribution in [0.5, 0.6) is 0 Å². The molecule has 0 aliphatic carbocycles. The molecule has 242 valence electrons. The van der Waals surface area contributed by atoms with Crippen molar-refractivity contribution >= 4 is 38.8 Å². The van der Waals surface area contributed by atoms with Crippen molar-refractivity contribution in [3.8, 4) is 44.7 Å². The molecule has 1 heterocycles. The summed E-state index contributed by atoms with van der Waals surface area (Å²) in [7, 11) is 0. The van der Waals surface area contributed by atoms with Crippen molar-refractivity contribution in [3.63, 3.8) is 0 Å². The minimum absolute atomic E-state index is 0.924. The van der Waals surface area contributed by atoms with Crippen LogP contribution < -0.4 is 4.90 Å². The molecule has 0 aliphatic rings. The first kappa shape index (κ1) is 30.4. The first-order chi connectivity index (χ1) is 25.2. The maximum absolute atomic E-state index is 6.27. The van der Waals surface area contributed by atoms with Gasteiger partial charge < -0.3 is 9.32 Å². The fourth-order valence-corrected chi connectivity index (χ4v) is 7.24. The number of anilines is 3.